The van der Waals surface area contributed by atoms with Gasteiger partial charge < -0.3 is 0 Å². The highest BCUT2D eigenvalue weighted by Gasteiger charge is 2.43. The molecule has 9 heteroatoms. The molecule has 2 aliphatic carbocycles. The van der Waals surface area contributed by atoms with Crippen molar-refractivity contribution in [2.75, 3.05) is 0 Å². The summed E-state index contributed by atoms with van der Waals surface area (Å²) >= 11 is 0. The molecule has 2 fully saturated rings. The fraction of sp³-hybridized carbons (Fsp3) is 0.500. The van der Waals surface area contributed by atoms with Crippen molar-refractivity contribution in [2.24, 2.45) is 11.8 Å². The van der Waals surface area contributed by atoms with Gasteiger partial charge in [-0.15, -0.1) is 0 Å². The van der Waals surface area contributed by atoms with Crippen LogP contribution in [0.15, 0.2) is 35.5 Å². The third-order valence-corrected chi connectivity index (χ3v) is 7.63. The van der Waals surface area contributed by atoms with Gasteiger partial charge in [0.2, 0.25) is 0 Å². The number of hydrogen-bond donors (Lipinski definition) is 1. The SMILES string of the molecule is O=C1NC(=O)C(C2CCC(N3C(=O)C=CC3=O)CC2)=C1C1CCC(N2C(=O)C=CC2=O)CC1. The predicted octanol–water partition coefficient (Wildman–Crippen LogP) is 0.907. The third kappa shape index (κ3) is 3.65. The summed E-state index contributed by atoms with van der Waals surface area (Å²) in [4.78, 5) is 76.0. The minimum atomic E-state index is -0.343. The highest BCUT2D eigenvalue weighted by molar-refractivity contribution is 6.20. The Morgan fingerprint density at radius 1 is 0.515 bits per heavy atom. The van der Waals surface area contributed by atoms with Crippen LogP contribution in [0.3, 0.4) is 0 Å². The summed E-state index contributed by atoms with van der Waals surface area (Å²) in [5, 5.41) is 2.46. The third-order valence-electron chi connectivity index (χ3n) is 7.63. The molecule has 5 rings (SSSR count). The molecular formula is C24H25N3O6. The lowest BCUT2D eigenvalue weighted by atomic mass is 9.74. The Hall–Kier alpha value is -3.36. The number of rotatable bonds is 4. The van der Waals surface area contributed by atoms with Crippen LogP contribution in [0.2, 0.25) is 0 Å². The van der Waals surface area contributed by atoms with Crippen LogP contribution in [0.4, 0.5) is 0 Å². The maximum atomic E-state index is 12.7. The highest BCUT2D eigenvalue weighted by atomic mass is 16.2. The molecule has 1 N–H and O–H groups in total. The summed E-state index contributed by atoms with van der Waals surface area (Å²) < 4.78 is 0. The second-order valence-electron chi connectivity index (χ2n) is 9.38. The van der Waals surface area contributed by atoms with Gasteiger partial charge in [0, 0.05) is 47.5 Å². The lowest BCUT2D eigenvalue weighted by Crippen LogP contribution is -2.43. The molecule has 0 radical (unpaired) electrons. The van der Waals surface area contributed by atoms with E-state index in [-0.39, 0.29) is 59.4 Å². The molecule has 0 aromatic carbocycles. The van der Waals surface area contributed by atoms with Crippen LogP contribution >= 0.6 is 0 Å². The Kier molecular flexibility index (Phi) is 5.34. The maximum Gasteiger partial charge on any atom is 0.254 e. The predicted molar refractivity (Wildman–Crippen MR) is 114 cm³/mol. The van der Waals surface area contributed by atoms with Crippen LogP contribution in [0.5, 0.6) is 0 Å². The van der Waals surface area contributed by atoms with Crippen LogP contribution in [0.1, 0.15) is 51.4 Å². The first-order valence-electron chi connectivity index (χ1n) is 11.6. The van der Waals surface area contributed by atoms with E-state index in [2.05, 4.69) is 5.32 Å². The van der Waals surface area contributed by atoms with Gasteiger partial charge in [-0.3, -0.25) is 43.9 Å². The van der Waals surface area contributed by atoms with E-state index in [1.54, 1.807) is 0 Å². The zero-order valence-electron chi connectivity index (χ0n) is 18.1. The van der Waals surface area contributed by atoms with Crippen LogP contribution in [-0.2, 0) is 28.8 Å². The average Bonchev–Trinajstić information content (AvgIpc) is 3.42. The quantitative estimate of drug-likeness (QED) is 0.634. The maximum absolute atomic E-state index is 12.7. The molecule has 3 aliphatic heterocycles. The molecule has 33 heavy (non-hydrogen) atoms. The van der Waals surface area contributed by atoms with Crippen molar-refractivity contribution in [2.45, 2.75) is 63.5 Å². The van der Waals surface area contributed by atoms with Crippen molar-refractivity contribution in [3.63, 3.8) is 0 Å². The van der Waals surface area contributed by atoms with E-state index in [1.807, 2.05) is 0 Å². The molecule has 2 saturated carbocycles. The number of carbonyl (C=O) groups is 6. The Bertz CT molecular complexity index is 936. The van der Waals surface area contributed by atoms with Gasteiger partial charge in [-0.1, -0.05) is 0 Å². The summed E-state index contributed by atoms with van der Waals surface area (Å²) in [6, 6.07) is -0.361. The smallest absolute Gasteiger partial charge is 0.254 e. The van der Waals surface area contributed by atoms with Gasteiger partial charge in [-0.25, -0.2) is 0 Å². The van der Waals surface area contributed by atoms with E-state index < -0.39 is 0 Å². The summed E-state index contributed by atoms with van der Waals surface area (Å²) in [7, 11) is 0. The van der Waals surface area contributed by atoms with Crippen molar-refractivity contribution < 1.29 is 28.8 Å². The highest BCUT2D eigenvalue weighted by Crippen LogP contribution is 2.41. The van der Waals surface area contributed by atoms with Crippen molar-refractivity contribution in [1.82, 2.24) is 15.1 Å². The van der Waals surface area contributed by atoms with Gasteiger partial charge in [-0.05, 0) is 63.2 Å². The summed E-state index contributed by atoms with van der Waals surface area (Å²) in [5.41, 5.74) is 1.10. The molecule has 0 atom stereocenters. The molecule has 0 saturated heterocycles. The Morgan fingerprint density at radius 2 is 0.818 bits per heavy atom. The molecule has 6 amide bonds. The second kappa shape index (κ2) is 8.20. The molecule has 9 nitrogen and oxygen atoms in total. The Morgan fingerprint density at radius 3 is 1.12 bits per heavy atom. The van der Waals surface area contributed by atoms with Crippen LogP contribution in [0, 0.1) is 11.8 Å². The lowest BCUT2D eigenvalue weighted by Gasteiger charge is -2.35. The Balaban J connectivity index is 1.28. The normalized spacial score (nSPS) is 32.6. The monoisotopic (exact) mass is 451 g/mol. The minimum absolute atomic E-state index is 0.0906. The Labute approximate surface area is 190 Å². The molecule has 0 aromatic rings. The number of carbonyl (C=O) groups excluding carboxylic acids is 6. The average molecular weight is 451 g/mol. The standard InChI is InChI=1S/C24H25N3O6/c28-17-9-10-18(29)26(17)15-5-1-13(2-6-15)21-22(24(33)25-23(21)32)14-3-7-16(8-4-14)27-19(30)11-12-20(27)31/h9-16H,1-8H2,(H,25,32,33). The van der Waals surface area contributed by atoms with Gasteiger partial charge in [-0.2, -0.15) is 0 Å². The zero-order chi connectivity index (χ0) is 23.3. The van der Waals surface area contributed by atoms with Gasteiger partial charge in [0.1, 0.15) is 0 Å². The molecule has 0 spiro atoms. The number of amides is 6. The van der Waals surface area contributed by atoms with Crippen molar-refractivity contribution in [3.05, 3.63) is 35.5 Å². The zero-order valence-corrected chi connectivity index (χ0v) is 18.1. The van der Waals surface area contributed by atoms with Gasteiger partial charge in [0.15, 0.2) is 0 Å². The molecule has 172 valence electrons. The number of imide groups is 3. The number of hydrogen-bond acceptors (Lipinski definition) is 6. The first kappa shape index (κ1) is 21.5. The van der Waals surface area contributed by atoms with Crippen LogP contribution < -0.4 is 5.32 Å². The molecule has 3 heterocycles. The van der Waals surface area contributed by atoms with E-state index in [0.717, 1.165) is 0 Å². The second-order valence-corrected chi connectivity index (χ2v) is 9.38. The fourth-order valence-electron chi connectivity index (χ4n) is 6.08. The van der Waals surface area contributed by atoms with E-state index in [0.29, 0.717) is 62.5 Å². The molecule has 0 unspecified atom stereocenters. The topological polar surface area (TPSA) is 121 Å². The van der Waals surface area contributed by atoms with Gasteiger partial charge in [0.25, 0.3) is 35.4 Å². The van der Waals surface area contributed by atoms with Crippen molar-refractivity contribution in [3.8, 4) is 0 Å². The lowest BCUT2D eigenvalue weighted by molar-refractivity contribution is -0.142. The summed E-state index contributed by atoms with van der Waals surface area (Å²) in [5.74, 6) is -2.04. The van der Waals surface area contributed by atoms with E-state index in [9.17, 15) is 28.8 Å². The summed E-state index contributed by atoms with van der Waals surface area (Å²) in [6.45, 7) is 0. The largest absolute Gasteiger partial charge is 0.289 e. The summed E-state index contributed by atoms with van der Waals surface area (Å²) in [6.07, 6.45) is 10.0. The first-order chi connectivity index (χ1) is 15.8. The molecular weight excluding hydrogens is 426 g/mol. The van der Waals surface area contributed by atoms with Crippen LogP contribution in [0.25, 0.3) is 0 Å². The van der Waals surface area contributed by atoms with Gasteiger partial charge in [0.05, 0.1) is 0 Å². The molecule has 0 bridgehead atoms. The van der Waals surface area contributed by atoms with Crippen LogP contribution in [-0.4, -0.2) is 57.3 Å². The van der Waals surface area contributed by atoms with E-state index in [4.69, 9.17) is 0 Å². The minimum Gasteiger partial charge on any atom is -0.289 e. The number of nitrogens with one attached hydrogen (secondary N) is 1. The number of nitrogens with zero attached hydrogens (tertiary/aromatic N) is 2. The fourth-order valence-corrected chi connectivity index (χ4v) is 6.08. The molecule has 0 aromatic heterocycles. The van der Waals surface area contributed by atoms with Crippen molar-refractivity contribution in [1.29, 1.82) is 0 Å². The van der Waals surface area contributed by atoms with Crippen molar-refractivity contribution >= 4 is 35.4 Å². The first-order valence-corrected chi connectivity index (χ1v) is 11.6. The van der Waals surface area contributed by atoms with E-state index in [1.165, 1.54) is 34.1 Å². The van der Waals surface area contributed by atoms with Gasteiger partial charge >= 0.3 is 0 Å². The van der Waals surface area contributed by atoms with E-state index >= 15 is 0 Å². The molecule has 5 aliphatic rings.